The van der Waals surface area contributed by atoms with Gasteiger partial charge in [-0.1, -0.05) is 30.3 Å². The predicted molar refractivity (Wildman–Crippen MR) is 81.3 cm³/mol. The van der Waals surface area contributed by atoms with E-state index in [0.717, 1.165) is 16.7 Å². The second-order valence-electron chi connectivity index (χ2n) is 4.90. The number of hydrogen-bond donors (Lipinski definition) is 0. The Kier molecular flexibility index (Phi) is 4.40. The molecule has 0 heterocycles. The average Bonchev–Trinajstić information content (AvgIpc) is 2.43. The molecule has 20 heavy (non-hydrogen) atoms. The maximum Gasteiger partial charge on any atom is 0.272 e. The second kappa shape index (κ2) is 6.06. The minimum Gasteiger partial charge on any atom is -0.258 e. The lowest BCUT2D eigenvalue weighted by atomic mass is 9.98. The van der Waals surface area contributed by atoms with E-state index in [1.807, 2.05) is 50.2 Å². The normalized spacial score (nSPS) is 12.2. The van der Waals surface area contributed by atoms with Crippen LogP contribution in [-0.2, 0) is 6.42 Å². The van der Waals surface area contributed by atoms with Crippen molar-refractivity contribution < 1.29 is 4.92 Å². The van der Waals surface area contributed by atoms with Gasteiger partial charge in [0.25, 0.3) is 5.69 Å². The van der Waals surface area contributed by atoms with Gasteiger partial charge < -0.3 is 0 Å². The van der Waals surface area contributed by atoms with Crippen LogP contribution in [0.4, 0.5) is 5.69 Å². The number of nitro benzene ring substituents is 1. The fourth-order valence-electron chi connectivity index (χ4n) is 2.17. The van der Waals surface area contributed by atoms with Crippen molar-refractivity contribution in [2.24, 2.45) is 0 Å². The quantitative estimate of drug-likeness (QED) is 0.464. The van der Waals surface area contributed by atoms with Gasteiger partial charge in [0.1, 0.15) is 0 Å². The Labute approximate surface area is 123 Å². The first-order valence-corrected chi connectivity index (χ1v) is 6.86. The van der Waals surface area contributed by atoms with Crippen molar-refractivity contribution in [3.8, 4) is 0 Å². The molecule has 0 spiro atoms. The van der Waals surface area contributed by atoms with Crippen LogP contribution in [0, 0.1) is 24.0 Å². The van der Waals surface area contributed by atoms with E-state index in [4.69, 9.17) is 11.6 Å². The first-order chi connectivity index (χ1) is 9.49. The number of rotatable bonds is 4. The zero-order valence-corrected chi connectivity index (χ0v) is 12.2. The van der Waals surface area contributed by atoms with Gasteiger partial charge >= 0.3 is 0 Å². The molecule has 0 bridgehead atoms. The molecule has 4 heteroatoms. The fourth-order valence-corrected chi connectivity index (χ4v) is 2.48. The number of nitrogens with zero attached hydrogens (tertiary/aromatic N) is 1. The third-order valence-electron chi connectivity index (χ3n) is 3.45. The van der Waals surface area contributed by atoms with Crippen LogP contribution in [0.15, 0.2) is 42.5 Å². The van der Waals surface area contributed by atoms with Crippen LogP contribution in [-0.4, -0.2) is 4.92 Å². The highest BCUT2D eigenvalue weighted by molar-refractivity contribution is 6.20. The van der Waals surface area contributed by atoms with Crippen LogP contribution in [0.1, 0.15) is 27.6 Å². The lowest BCUT2D eigenvalue weighted by molar-refractivity contribution is -0.385. The first kappa shape index (κ1) is 14.5. The summed E-state index contributed by atoms with van der Waals surface area (Å²) in [6.45, 7) is 3.83. The Morgan fingerprint density at radius 2 is 1.75 bits per heavy atom. The third kappa shape index (κ3) is 3.17. The maximum atomic E-state index is 11.2. The zero-order valence-electron chi connectivity index (χ0n) is 11.5. The Hall–Kier alpha value is -1.87. The lowest BCUT2D eigenvalue weighted by Crippen LogP contribution is -2.02. The molecule has 0 amide bonds. The van der Waals surface area contributed by atoms with E-state index in [0.29, 0.717) is 12.0 Å². The summed E-state index contributed by atoms with van der Waals surface area (Å²) < 4.78 is 0. The van der Waals surface area contributed by atoms with Crippen LogP contribution in [0.25, 0.3) is 0 Å². The Morgan fingerprint density at radius 3 is 2.35 bits per heavy atom. The molecule has 2 rings (SSSR count). The minimum atomic E-state index is -0.337. The largest absolute Gasteiger partial charge is 0.272 e. The van der Waals surface area contributed by atoms with E-state index >= 15 is 0 Å². The van der Waals surface area contributed by atoms with Crippen molar-refractivity contribution in [3.05, 3.63) is 74.8 Å². The number of aryl methyl sites for hydroxylation is 2. The van der Waals surface area contributed by atoms with Crippen LogP contribution in [0.5, 0.6) is 0 Å². The summed E-state index contributed by atoms with van der Waals surface area (Å²) >= 11 is 6.39. The molecule has 0 aliphatic rings. The van der Waals surface area contributed by atoms with E-state index in [-0.39, 0.29) is 16.0 Å². The number of hydrogen-bond acceptors (Lipinski definition) is 2. The lowest BCUT2D eigenvalue weighted by Gasteiger charge is -2.12. The molecule has 0 saturated heterocycles. The molecule has 2 aromatic carbocycles. The van der Waals surface area contributed by atoms with Crippen molar-refractivity contribution in [3.63, 3.8) is 0 Å². The molecule has 0 aliphatic carbocycles. The summed E-state index contributed by atoms with van der Waals surface area (Å²) in [4.78, 5) is 10.8. The average molecular weight is 290 g/mol. The van der Waals surface area contributed by atoms with Crippen molar-refractivity contribution in [1.82, 2.24) is 0 Å². The molecule has 0 saturated carbocycles. The van der Waals surface area contributed by atoms with Crippen LogP contribution in [0.2, 0.25) is 0 Å². The number of nitro groups is 1. The monoisotopic (exact) mass is 289 g/mol. The van der Waals surface area contributed by atoms with Crippen molar-refractivity contribution in [1.29, 1.82) is 0 Å². The number of alkyl halides is 1. The maximum absolute atomic E-state index is 11.2. The van der Waals surface area contributed by atoms with E-state index < -0.39 is 0 Å². The van der Waals surface area contributed by atoms with Gasteiger partial charge in [0.05, 0.1) is 10.3 Å². The predicted octanol–water partition coefficient (Wildman–Crippen LogP) is 4.73. The van der Waals surface area contributed by atoms with E-state index in [9.17, 15) is 10.1 Å². The Balaban J connectivity index is 2.33. The molecule has 0 radical (unpaired) electrons. The van der Waals surface area contributed by atoms with Crippen LogP contribution < -0.4 is 0 Å². The van der Waals surface area contributed by atoms with Gasteiger partial charge in [-0.2, -0.15) is 0 Å². The van der Waals surface area contributed by atoms with Gasteiger partial charge in [0, 0.05) is 11.6 Å². The van der Waals surface area contributed by atoms with Crippen molar-refractivity contribution in [2.45, 2.75) is 25.6 Å². The van der Waals surface area contributed by atoms with Gasteiger partial charge in [0.15, 0.2) is 0 Å². The first-order valence-electron chi connectivity index (χ1n) is 6.42. The third-order valence-corrected chi connectivity index (χ3v) is 3.86. The molecule has 0 aromatic heterocycles. The molecule has 0 aliphatic heterocycles. The number of benzene rings is 2. The molecule has 2 aromatic rings. The molecular formula is C16H16ClNO2. The minimum absolute atomic E-state index is 0.148. The summed E-state index contributed by atoms with van der Waals surface area (Å²) in [7, 11) is 0. The highest BCUT2D eigenvalue weighted by Crippen LogP contribution is 2.31. The molecular weight excluding hydrogens is 274 g/mol. The van der Waals surface area contributed by atoms with Crippen LogP contribution in [0.3, 0.4) is 0 Å². The molecule has 0 fully saturated rings. The molecule has 3 nitrogen and oxygen atoms in total. The van der Waals surface area contributed by atoms with Crippen molar-refractivity contribution in [2.75, 3.05) is 0 Å². The van der Waals surface area contributed by atoms with E-state index in [1.54, 1.807) is 6.07 Å². The summed E-state index contributed by atoms with van der Waals surface area (Å²) in [6, 6.07) is 13.1. The smallest absolute Gasteiger partial charge is 0.258 e. The van der Waals surface area contributed by atoms with Crippen LogP contribution >= 0.6 is 11.6 Å². The molecule has 0 N–H and O–H groups in total. The summed E-state index contributed by atoms with van der Waals surface area (Å²) in [5.41, 5.74) is 3.77. The Morgan fingerprint density at radius 1 is 1.15 bits per heavy atom. The molecule has 1 unspecified atom stereocenters. The van der Waals surface area contributed by atoms with Gasteiger partial charge in [-0.25, -0.2) is 0 Å². The SMILES string of the molecule is Cc1cc(CC(Cl)c2ccccc2)c([N+](=O)[O-])cc1C. The summed E-state index contributed by atoms with van der Waals surface area (Å²) in [6.07, 6.45) is 0.447. The van der Waals surface area contributed by atoms with E-state index in [2.05, 4.69) is 0 Å². The standard InChI is InChI=1S/C16H16ClNO2/c1-11-8-14(16(18(19)20)9-12(11)2)10-15(17)13-6-4-3-5-7-13/h3-9,15H,10H2,1-2H3. The summed E-state index contributed by atoms with van der Waals surface area (Å²) in [5, 5.41) is 10.9. The Bertz CT molecular complexity index is 626. The van der Waals surface area contributed by atoms with Gasteiger partial charge in [-0.3, -0.25) is 10.1 Å². The summed E-state index contributed by atoms with van der Waals surface area (Å²) in [5.74, 6) is 0. The van der Waals surface area contributed by atoms with Gasteiger partial charge in [-0.15, -0.1) is 11.6 Å². The topological polar surface area (TPSA) is 43.1 Å². The highest BCUT2D eigenvalue weighted by atomic mass is 35.5. The zero-order chi connectivity index (χ0) is 14.7. The molecule has 1 atom stereocenters. The second-order valence-corrected chi connectivity index (χ2v) is 5.43. The number of halogens is 1. The van der Waals surface area contributed by atoms with E-state index in [1.165, 1.54) is 0 Å². The van der Waals surface area contributed by atoms with Gasteiger partial charge in [-0.05, 0) is 43.0 Å². The van der Waals surface area contributed by atoms with Crippen molar-refractivity contribution >= 4 is 17.3 Å². The van der Waals surface area contributed by atoms with Gasteiger partial charge in [0.2, 0.25) is 0 Å². The molecule has 104 valence electrons. The highest BCUT2D eigenvalue weighted by Gasteiger charge is 2.19. The fraction of sp³-hybridized carbons (Fsp3) is 0.250.